The van der Waals surface area contributed by atoms with Gasteiger partial charge in [-0.25, -0.2) is 0 Å². The SMILES string of the molecule is O=C(NC1CCN(C(=O)COc2ccc(Cl)cc2)CC1)c1cccc(Cl)c1. The first-order valence-corrected chi connectivity index (χ1v) is 9.49. The summed E-state index contributed by atoms with van der Waals surface area (Å²) in [6.45, 7) is 1.16. The minimum atomic E-state index is -0.145. The maximum Gasteiger partial charge on any atom is 0.260 e. The van der Waals surface area contributed by atoms with Crippen molar-refractivity contribution >= 4 is 35.0 Å². The van der Waals surface area contributed by atoms with Gasteiger partial charge in [-0.2, -0.15) is 0 Å². The zero-order valence-corrected chi connectivity index (χ0v) is 16.2. The predicted molar refractivity (Wildman–Crippen MR) is 105 cm³/mol. The topological polar surface area (TPSA) is 58.6 Å². The predicted octanol–water partition coefficient (Wildman–Crippen LogP) is 3.79. The molecule has 0 atom stereocenters. The average Bonchev–Trinajstić information content (AvgIpc) is 2.68. The number of likely N-dealkylation sites (tertiary alicyclic amines) is 1. The number of nitrogens with one attached hydrogen (secondary N) is 1. The Bertz CT molecular complexity index is 803. The second-order valence-corrected chi connectivity index (χ2v) is 7.25. The Morgan fingerprint density at radius 3 is 2.41 bits per heavy atom. The van der Waals surface area contributed by atoms with E-state index in [4.69, 9.17) is 27.9 Å². The summed E-state index contributed by atoms with van der Waals surface area (Å²) >= 11 is 11.8. The molecule has 1 aliphatic rings. The Morgan fingerprint density at radius 2 is 1.74 bits per heavy atom. The van der Waals surface area contributed by atoms with Gasteiger partial charge in [0.05, 0.1) is 0 Å². The van der Waals surface area contributed by atoms with Gasteiger partial charge in [0.2, 0.25) is 0 Å². The zero-order chi connectivity index (χ0) is 19.2. The van der Waals surface area contributed by atoms with Gasteiger partial charge in [0.15, 0.2) is 6.61 Å². The molecule has 2 amide bonds. The van der Waals surface area contributed by atoms with Crippen molar-refractivity contribution in [2.75, 3.05) is 19.7 Å². The van der Waals surface area contributed by atoms with Crippen LogP contribution in [0.15, 0.2) is 48.5 Å². The summed E-state index contributed by atoms with van der Waals surface area (Å²) in [4.78, 5) is 26.3. The van der Waals surface area contributed by atoms with E-state index in [0.717, 1.165) is 0 Å². The number of carbonyl (C=O) groups is 2. The van der Waals surface area contributed by atoms with Gasteiger partial charge in [-0.1, -0.05) is 29.3 Å². The fourth-order valence-corrected chi connectivity index (χ4v) is 3.26. The van der Waals surface area contributed by atoms with E-state index in [1.807, 2.05) is 0 Å². The number of amides is 2. The second-order valence-electron chi connectivity index (χ2n) is 6.38. The van der Waals surface area contributed by atoms with Gasteiger partial charge in [-0.3, -0.25) is 9.59 Å². The van der Waals surface area contributed by atoms with Crippen molar-refractivity contribution in [3.05, 3.63) is 64.1 Å². The molecule has 1 aliphatic heterocycles. The van der Waals surface area contributed by atoms with Crippen LogP contribution in [0.1, 0.15) is 23.2 Å². The van der Waals surface area contributed by atoms with Gasteiger partial charge in [0.25, 0.3) is 11.8 Å². The number of hydrogen-bond donors (Lipinski definition) is 1. The number of piperidine rings is 1. The molecule has 0 saturated carbocycles. The highest BCUT2D eigenvalue weighted by Gasteiger charge is 2.24. The Labute approximate surface area is 168 Å². The molecule has 1 saturated heterocycles. The molecule has 7 heteroatoms. The molecule has 0 radical (unpaired) electrons. The molecular weight excluding hydrogens is 387 g/mol. The number of ether oxygens (including phenoxy) is 1. The fourth-order valence-electron chi connectivity index (χ4n) is 2.94. The molecule has 27 heavy (non-hydrogen) atoms. The molecule has 1 heterocycles. The minimum absolute atomic E-state index is 0.0127. The molecule has 1 N–H and O–H groups in total. The number of benzene rings is 2. The largest absolute Gasteiger partial charge is 0.484 e. The molecule has 0 spiro atoms. The van der Waals surface area contributed by atoms with Crippen LogP contribution in [0.4, 0.5) is 0 Å². The Balaban J connectivity index is 1.43. The smallest absolute Gasteiger partial charge is 0.260 e. The molecule has 2 aromatic carbocycles. The van der Waals surface area contributed by atoms with E-state index >= 15 is 0 Å². The summed E-state index contributed by atoms with van der Waals surface area (Å²) in [5.74, 6) is 0.398. The van der Waals surface area contributed by atoms with Gasteiger partial charge in [0.1, 0.15) is 5.75 Å². The van der Waals surface area contributed by atoms with E-state index in [0.29, 0.717) is 47.3 Å². The lowest BCUT2D eigenvalue weighted by Gasteiger charge is -2.32. The van der Waals surface area contributed by atoms with E-state index in [1.165, 1.54) is 0 Å². The van der Waals surface area contributed by atoms with Gasteiger partial charge in [-0.05, 0) is 55.3 Å². The van der Waals surface area contributed by atoms with E-state index < -0.39 is 0 Å². The molecule has 0 unspecified atom stereocenters. The van der Waals surface area contributed by atoms with Gasteiger partial charge < -0.3 is 15.0 Å². The number of rotatable bonds is 5. The lowest BCUT2D eigenvalue weighted by atomic mass is 10.0. The summed E-state index contributed by atoms with van der Waals surface area (Å²) in [5, 5.41) is 4.16. The van der Waals surface area contributed by atoms with Crippen molar-refractivity contribution in [3.63, 3.8) is 0 Å². The summed E-state index contributed by atoms with van der Waals surface area (Å²) < 4.78 is 5.50. The fraction of sp³-hybridized carbons (Fsp3) is 0.300. The normalized spacial score (nSPS) is 14.7. The lowest BCUT2D eigenvalue weighted by molar-refractivity contribution is -0.134. The zero-order valence-electron chi connectivity index (χ0n) is 14.7. The number of halogens is 2. The molecule has 0 bridgehead atoms. The first-order valence-electron chi connectivity index (χ1n) is 8.74. The summed E-state index contributed by atoms with van der Waals surface area (Å²) in [6, 6.07) is 13.8. The quantitative estimate of drug-likeness (QED) is 0.821. The van der Waals surface area contributed by atoms with Crippen molar-refractivity contribution in [1.29, 1.82) is 0 Å². The Morgan fingerprint density at radius 1 is 1.04 bits per heavy atom. The molecule has 3 rings (SSSR count). The molecule has 2 aromatic rings. The highest BCUT2D eigenvalue weighted by Crippen LogP contribution is 2.17. The van der Waals surface area contributed by atoms with Crippen LogP contribution in [0.2, 0.25) is 10.0 Å². The standard InChI is InChI=1S/C20H20Cl2N2O3/c21-15-4-6-18(7-5-15)27-13-19(25)24-10-8-17(9-11-24)23-20(26)14-2-1-3-16(22)12-14/h1-7,12,17H,8-11,13H2,(H,23,26). The van der Waals surface area contributed by atoms with Crippen molar-refractivity contribution in [3.8, 4) is 5.75 Å². The third-order valence-electron chi connectivity index (χ3n) is 4.45. The van der Waals surface area contributed by atoms with E-state index in [-0.39, 0.29) is 24.5 Å². The highest BCUT2D eigenvalue weighted by atomic mass is 35.5. The van der Waals surface area contributed by atoms with Crippen LogP contribution in [0.25, 0.3) is 0 Å². The molecule has 5 nitrogen and oxygen atoms in total. The van der Waals surface area contributed by atoms with E-state index in [1.54, 1.807) is 53.4 Å². The van der Waals surface area contributed by atoms with E-state index in [9.17, 15) is 9.59 Å². The Hall–Kier alpha value is -2.24. The summed E-state index contributed by atoms with van der Waals surface area (Å²) in [5.41, 5.74) is 0.539. The molecule has 0 aliphatic carbocycles. The van der Waals surface area contributed by atoms with E-state index in [2.05, 4.69) is 5.32 Å². The first kappa shape index (κ1) is 19.5. The van der Waals surface area contributed by atoms with Crippen LogP contribution >= 0.6 is 23.2 Å². The molecule has 1 fully saturated rings. The van der Waals surface area contributed by atoms with Crippen molar-refractivity contribution in [1.82, 2.24) is 10.2 Å². The molecular formula is C20H20Cl2N2O3. The lowest BCUT2D eigenvalue weighted by Crippen LogP contribution is -2.47. The van der Waals surface area contributed by atoms with Crippen LogP contribution in [-0.2, 0) is 4.79 Å². The monoisotopic (exact) mass is 406 g/mol. The maximum atomic E-state index is 12.3. The van der Waals surface area contributed by atoms with Crippen LogP contribution in [0.5, 0.6) is 5.75 Å². The van der Waals surface area contributed by atoms with Gasteiger partial charge in [0, 0.05) is 34.7 Å². The highest BCUT2D eigenvalue weighted by molar-refractivity contribution is 6.31. The third kappa shape index (κ3) is 5.62. The number of nitrogens with zero attached hydrogens (tertiary/aromatic N) is 1. The molecule has 0 aromatic heterocycles. The first-order chi connectivity index (χ1) is 13.0. The number of hydrogen-bond acceptors (Lipinski definition) is 3. The van der Waals surface area contributed by atoms with Crippen molar-refractivity contribution < 1.29 is 14.3 Å². The third-order valence-corrected chi connectivity index (χ3v) is 4.93. The van der Waals surface area contributed by atoms with Crippen LogP contribution in [0.3, 0.4) is 0 Å². The van der Waals surface area contributed by atoms with Crippen LogP contribution in [-0.4, -0.2) is 42.5 Å². The Kier molecular flexibility index (Phi) is 6.58. The minimum Gasteiger partial charge on any atom is -0.484 e. The van der Waals surface area contributed by atoms with Crippen molar-refractivity contribution in [2.24, 2.45) is 0 Å². The van der Waals surface area contributed by atoms with Crippen LogP contribution < -0.4 is 10.1 Å². The van der Waals surface area contributed by atoms with Crippen LogP contribution in [0, 0.1) is 0 Å². The van der Waals surface area contributed by atoms with Gasteiger partial charge in [-0.15, -0.1) is 0 Å². The summed E-state index contributed by atoms with van der Waals surface area (Å²) in [7, 11) is 0. The number of carbonyl (C=O) groups excluding carboxylic acids is 2. The molecule has 142 valence electrons. The van der Waals surface area contributed by atoms with Crippen molar-refractivity contribution in [2.45, 2.75) is 18.9 Å². The second kappa shape index (κ2) is 9.11. The maximum absolute atomic E-state index is 12.3. The summed E-state index contributed by atoms with van der Waals surface area (Å²) in [6.07, 6.45) is 1.41. The van der Waals surface area contributed by atoms with Gasteiger partial charge >= 0.3 is 0 Å². The average molecular weight is 407 g/mol.